The predicted octanol–water partition coefficient (Wildman–Crippen LogP) is 3.11. The summed E-state index contributed by atoms with van der Waals surface area (Å²) in [5, 5.41) is 3.22. The maximum atomic E-state index is 11.8. The summed E-state index contributed by atoms with van der Waals surface area (Å²) in [6.45, 7) is 5.16. The molecule has 0 unspecified atom stereocenters. The van der Waals surface area contributed by atoms with Crippen LogP contribution in [0.2, 0.25) is 0 Å². The van der Waals surface area contributed by atoms with E-state index in [9.17, 15) is 9.59 Å². The zero-order chi connectivity index (χ0) is 19.8. The van der Waals surface area contributed by atoms with Crippen molar-refractivity contribution in [1.29, 1.82) is 0 Å². The molecule has 2 aromatic rings. The lowest BCUT2D eigenvalue weighted by molar-refractivity contribution is -0.116. The van der Waals surface area contributed by atoms with Gasteiger partial charge in [-0.05, 0) is 47.7 Å². The molecule has 5 nitrogen and oxygen atoms in total. The molecule has 0 aromatic heterocycles. The number of anilines is 2. The fourth-order valence-corrected chi connectivity index (χ4v) is 5.43. The molecule has 1 amide bonds. The molecule has 0 spiro atoms. The van der Waals surface area contributed by atoms with Crippen LogP contribution in [0.5, 0.6) is 0 Å². The SMILES string of the molecule is O=C1CCc2cc(CCN3CCN(c4cccc5c4CC(=O)S5)CC3)ccc2N1. The molecule has 3 aliphatic rings. The second-order valence-electron chi connectivity index (χ2n) is 8.02. The van der Waals surface area contributed by atoms with Gasteiger partial charge < -0.3 is 10.2 Å². The number of nitrogens with zero attached hydrogens (tertiary/aromatic N) is 2. The maximum Gasteiger partial charge on any atom is 0.224 e. The minimum Gasteiger partial charge on any atom is -0.369 e. The highest BCUT2D eigenvalue weighted by molar-refractivity contribution is 8.14. The third-order valence-corrected chi connectivity index (χ3v) is 7.12. The van der Waals surface area contributed by atoms with E-state index in [2.05, 4.69) is 51.5 Å². The monoisotopic (exact) mass is 407 g/mol. The molecule has 0 bridgehead atoms. The molecule has 0 aliphatic carbocycles. The number of hydrogen-bond donors (Lipinski definition) is 1. The van der Waals surface area contributed by atoms with Gasteiger partial charge in [-0.15, -0.1) is 0 Å². The summed E-state index contributed by atoms with van der Waals surface area (Å²) in [4.78, 5) is 29.4. The van der Waals surface area contributed by atoms with E-state index in [4.69, 9.17) is 0 Å². The Balaban J connectivity index is 1.17. The quantitative estimate of drug-likeness (QED) is 0.844. The highest BCUT2D eigenvalue weighted by Crippen LogP contribution is 2.38. The van der Waals surface area contributed by atoms with Crippen LogP contribution in [0, 0.1) is 0 Å². The van der Waals surface area contributed by atoms with Gasteiger partial charge >= 0.3 is 0 Å². The molecule has 2 aromatic carbocycles. The molecule has 0 atom stereocenters. The van der Waals surface area contributed by atoms with Gasteiger partial charge in [0.15, 0.2) is 5.12 Å². The number of fused-ring (bicyclic) bond motifs is 2. The standard InChI is InChI=1S/C23H25N3O2S/c27-22-7-5-17-14-16(4-6-19(17)24-22)8-9-25-10-12-26(13-11-25)20-2-1-3-21-18(20)15-23(28)29-21/h1-4,6,14H,5,7-13,15H2,(H,24,27). The normalized spacial score (nSPS) is 19.1. The summed E-state index contributed by atoms with van der Waals surface area (Å²) in [6, 6.07) is 12.8. The van der Waals surface area contributed by atoms with Crippen molar-refractivity contribution in [3.8, 4) is 0 Å². The van der Waals surface area contributed by atoms with Crippen LogP contribution in [0.1, 0.15) is 23.1 Å². The topological polar surface area (TPSA) is 52.7 Å². The van der Waals surface area contributed by atoms with E-state index in [1.165, 1.54) is 34.1 Å². The van der Waals surface area contributed by atoms with Gasteiger partial charge in [-0.1, -0.05) is 30.0 Å². The van der Waals surface area contributed by atoms with Crippen LogP contribution in [0.25, 0.3) is 0 Å². The molecule has 29 heavy (non-hydrogen) atoms. The van der Waals surface area contributed by atoms with E-state index in [0.29, 0.717) is 12.8 Å². The second kappa shape index (κ2) is 7.84. The average Bonchev–Trinajstić information content (AvgIpc) is 3.13. The first-order valence-electron chi connectivity index (χ1n) is 10.4. The lowest BCUT2D eigenvalue weighted by Crippen LogP contribution is -2.47. The van der Waals surface area contributed by atoms with E-state index in [1.54, 1.807) is 0 Å². The molecule has 1 N–H and O–H groups in total. The minimum absolute atomic E-state index is 0.120. The van der Waals surface area contributed by atoms with Gasteiger partial charge in [0.1, 0.15) is 0 Å². The summed E-state index contributed by atoms with van der Waals surface area (Å²) < 4.78 is 0. The highest BCUT2D eigenvalue weighted by Gasteiger charge is 2.26. The Morgan fingerprint density at radius 3 is 2.72 bits per heavy atom. The van der Waals surface area contributed by atoms with Gasteiger partial charge in [0.25, 0.3) is 0 Å². The first kappa shape index (κ1) is 18.7. The first-order valence-corrected chi connectivity index (χ1v) is 11.2. The maximum absolute atomic E-state index is 11.8. The molecule has 3 aliphatic heterocycles. The van der Waals surface area contributed by atoms with E-state index in [1.807, 2.05) is 0 Å². The number of piperazine rings is 1. The lowest BCUT2D eigenvalue weighted by Gasteiger charge is -2.37. The van der Waals surface area contributed by atoms with Gasteiger partial charge in [-0.3, -0.25) is 14.5 Å². The van der Waals surface area contributed by atoms with Gasteiger partial charge in [0.05, 0.1) is 0 Å². The van der Waals surface area contributed by atoms with E-state index in [-0.39, 0.29) is 11.0 Å². The Kier molecular flexibility index (Phi) is 5.06. The summed E-state index contributed by atoms with van der Waals surface area (Å²) in [5.41, 5.74) is 6.05. The summed E-state index contributed by atoms with van der Waals surface area (Å²) >= 11 is 1.39. The van der Waals surface area contributed by atoms with Crippen molar-refractivity contribution >= 4 is 34.2 Å². The largest absolute Gasteiger partial charge is 0.369 e. The zero-order valence-corrected chi connectivity index (χ0v) is 17.3. The zero-order valence-electron chi connectivity index (χ0n) is 16.4. The van der Waals surface area contributed by atoms with Crippen LogP contribution in [0.15, 0.2) is 41.3 Å². The number of rotatable bonds is 4. The predicted molar refractivity (Wildman–Crippen MR) is 117 cm³/mol. The Hall–Kier alpha value is -2.31. The van der Waals surface area contributed by atoms with Gasteiger partial charge in [-0.25, -0.2) is 0 Å². The first-order chi connectivity index (χ1) is 14.2. The molecule has 5 rings (SSSR count). The number of aryl methyl sites for hydroxylation is 1. The molecule has 0 radical (unpaired) electrons. The average molecular weight is 408 g/mol. The van der Waals surface area contributed by atoms with Crippen LogP contribution in [-0.2, 0) is 28.9 Å². The minimum atomic E-state index is 0.120. The third kappa shape index (κ3) is 3.91. The van der Waals surface area contributed by atoms with Crippen molar-refractivity contribution in [3.05, 3.63) is 53.1 Å². The smallest absolute Gasteiger partial charge is 0.224 e. The van der Waals surface area contributed by atoms with Crippen LogP contribution in [0.4, 0.5) is 11.4 Å². The molecule has 1 fully saturated rings. The third-order valence-electron chi connectivity index (χ3n) is 6.15. The van der Waals surface area contributed by atoms with E-state index < -0.39 is 0 Å². The van der Waals surface area contributed by atoms with Crippen LogP contribution in [0.3, 0.4) is 0 Å². The van der Waals surface area contributed by atoms with Crippen LogP contribution >= 0.6 is 11.8 Å². The van der Waals surface area contributed by atoms with Crippen molar-refractivity contribution in [3.63, 3.8) is 0 Å². The number of hydrogen-bond acceptors (Lipinski definition) is 5. The van der Waals surface area contributed by atoms with Crippen molar-refractivity contribution in [1.82, 2.24) is 4.90 Å². The van der Waals surface area contributed by atoms with Gasteiger partial charge in [-0.2, -0.15) is 0 Å². The second-order valence-corrected chi connectivity index (χ2v) is 9.12. The molecule has 6 heteroatoms. The van der Waals surface area contributed by atoms with Crippen molar-refractivity contribution < 1.29 is 9.59 Å². The number of carbonyl (C=O) groups is 2. The van der Waals surface area contributed by atoms with E-state index in [0.717, 1.165) is 56.1 Å². The van der Waals surface area contributed by atoms with Crippen molar-refractivity contribution in [2.75, 3.05) is 42.9 Å². The van der Waals surface area contributed by atoms with Crippen LogP contribution < -0.4 is 10.2 Å². The number of amides is 1. The fraction of sp³-hybridized carbons (Fsp3) is 0.391. The molecular weight excluding hydrogens is 382 g/mol. The molecule has 0 saturated carbocycles. The van der Waals surface area contributed by atoms with Gasteiger partial charge in [0, 0.05) is 61.8 Å². The molecule has 3 heterocycles. The van der Waals surface area contributed by atoms with Gasteiger partial charge in [0.2, 0.25) is 5.91 Å². The Bertz CT molecular complexity index is 967. The number of nitrogens with one attached hydrogen (secondary N) is 1. The molecule has 1 saturated heterocycles. The molecular formula is C23H25N3O2S. The Morgan fingerprint density at radius 1 is 1.00 bits per heavy atom. The fourth-order valence-electron chi connectivity index (χ4n) is 4.52. The number of benzene rings is 2. The summed E-state index contributed by atoms with van der Waals surface area (Å²) in [7, 11) is 0. The lowest BCUT2D eigenvalue weighted by atomic mass is 9.99. The van der Waals surface area contributed by atoms with Crippen molar-refractivity contribution in [2.45, 2.75) is 30.6 Å². The van der Waals surface area contributed by atoms with Crippen molar-refractivity contribution in [2.24, 2.45) is 0 Å². The molecule has 150 valence electrons. The number of thioether (sulfide) groups is 1. The van der Waals surface area contributed by atoms with E-state index >= 15 is 0 Å². The Labute approximate surface area is 175 Å². The van der Waals surface area contributed by atoms with Crippen LogP contribution in [-0.4, -0.2) is 48.6 Å². The summed E-state index contributed by atoms with van der Waals surface area (Å²) in [5.74, 6) is 0.120. The highest BCUT2D eigenvalue weighted by atomic mass is 32.2. The number of carbonyl (C=O) groups excluding carboxylic acids is 2. The Morgan fingerprint density at radius 2 is 1.86 bits per heavy atom. The summed E-state index contributed by atoms with van der Waals surface area (Å²) in [6.07, 6.45) is 3.03.